The zero-order chi connectivity index (χ0) is 15.2. The molecule has 0 aliphatic rings. The molecule has 1 aromatic carbocycles. The number of hydrogen-bond acceptors (Lipinski definition) is 6. The van der Waals surface area contributed by atoms with Crippen LogP contribution < -0.4 is 0 Å². The molecule has 0 spiro atoms. The van der Waals surface area contributed by atoms with Crippen LogP contribution in [0.1, 0.15) is 5.56 Å². The lowest BCUT2D eigenvalue weighted by Gasteiger charge is -2.28. The van der Waals surface area contributed by atoms with E-state index < -0.39 is 20.6 Å². The van der Waals surface area contributed by atoms with Crippen LogP contribution in [0.4, 0.5) is 0 Å². The average molecular weight is 322 g/mol. The predicted molar refractivity (Wildman–Crippen MR) is 77.2 cm³/mol. The molecule has 20 heavy (non-hydrogen) atoms. The smallest absolute Gasteiger partial charge is 0.311 e. The van der Waals surface area contributed by atoms with Gasteiger partial charge in [0.25, 0.3) is 0 Å². The van der Waals surface area contributed by atoms with E-state index in [4.69, 9.17) is 18.1 Å². The van der Waals surface area contributed by atoms with Crippen molar-refractivity contribution in [2.24, 2.45) is 0 Å². The molecule has 0 bridgehead atoms. The molecule has 0 aliphatic heterocycles. The van der Waals surface area contributed by atoms with Crippen LogP contribution in [0.3, 0.4) is 0 Å². The van der Waals surface area contributed by atoms with Crippen LogP contribution in [0, 0.1) is 0 Å². The summed E-state index contributed by atoms with van der Waals surface area (Å²) in [6.07, 6.45) is 0.193. The maximum atomic E-state index is 12.6. The van der Waals surface area contributed by atoms with Gasteiger partial charge in [0, 0.05) is 28.4 Å². The number of rotatable bonds is 8. The Morgan fingerprint density at radius 3 is 1.60 bits per heavy atom. The third-order valence-electron chi connectivity index (χ3n) is 3.01. The van der Waals surface area contributed by atoms with Crippen molar-refractivity contribution in [3.63, 3.8) is 0 Å². The van der Waals surface area contributed by atoms with Crippen LogP contribution >= 0.6 is 15.2 Å². The van der Waals surface area contributed by atoms with E-state index in [9.17, 15) is 9.13 Å². The first-order chi connectivity index (χ1) is 9.45. The minimum atomic E-state index is -3.62. The Balaban J connectivity index is 3.21. The van der Waals surface area contributed by atoms with Gasteiger partial charge >= 0.3 is 15.2 Å². The number of benzene rings is 1. The summed E-state index contributed by atoms with van der Waals surface area (Å²) < 4.78 is 45.2. The van der Waals surface area contributed by atoms with Gasteiger partial charge in [0.05, 0.1) is 0 Å². The number of hydrogen-bond donors (Lipinski definition) is 0. The molecule has 0 amide bonds. The highest BCUT2D eigenvalue weighted by molar-refractivity contribution is 7.72. The summed E-state index contributed by atoms with van der Waals surface area (Å²) in [6, 6.07) is 9.19. The van der Waals surface area contributed by atoms with E-state index in [1.807, 2.05) is 30.3 Å². The zero-order valence-corrected chi connectivity index (χ0v) is 13.8. The fourth-order valence-electron chi connectivity index (χ4n) is 1.86. The van der Waals surface area contributed by atoms with E-state index in [2.05, 4.69) is 0 Å². The Morgan fingerprint density at radius 2 is 1.25 bits per heavy atom. The molecule has 0 aromatic heterocycles. The van der Waals surface area contributed by atoms with Gasteiger partial charge in [-0.15, -0.1) is 0 Å². The average Bonchev–Trinajstić information content (AvgIpc) is 2.52. The second kappa shape index (κ2) is 7.51. The summed E-state index contributed by atoms with van der Waals surface area (Å²) in [5.74, 6) is 0. The summed E-state index contributed by atoms with van der Waals surface area (Å²) in [6.45, 7) is 0. The summed E-state index contributed by atoms with van der Waals surface area (Å²) >= 11 is 0. The van der Waals surface area contributed by atoms with Crippen LogP contribution in [0.5, 0.6) is 0 Å². The van der Waals surface area contributed by atoms with Crippen molar-refractivity contribution in [3.05, 3.63) is 35.9 Å². The molecular formula is C12H20O6P2. The van der Waals surface area contributed by atoms with Crippen molar-refractivity contribution in [1.82, 2.24) is 0 Å². The molecule has 0 radical (unpaired) electrons. The van der Waals surface area contributed by atoms with E-state index in [-0.39, 0.29) is 6.42 Å². The van der Waals surface area contributed by atoms with Crippen LogP contribution in [0.15, 0.2) is 30.3 Å². The predicted octanol–water partition coefficient (Wildman–Crippen LogP) is 3.53. The van der Waals surface area contributed by atoms with E-state index in [0.29, 0.717) is 0 Å². The third kappa shape index (κ3) is 3.79. The molecule has 8 heteroatoms. The van der Waals surface area contributed by atoms with Crippen molar-refractivity contribution in [2.45, 2.75) is 11.8 Å². The molecule has 0 saturated carbocycles. The molecule has 1 aromatic rings. The van der Waals surface area contributed by atoms with E-state index in [1.54, 1.807) is 0 Å². The van der Waals surface area contributed by atoms with Gasteiger partial charge in [-0.3, -0.25) is 9.13 Å². The molecule has 0 atom stereocenters. The molecule has 0 N–H and O–H groups in total. The molecule has 0 unspecified atom stereocenters. The molecule has 0 aliphatic carbocycles. The van der Waals surface area contributed by atoms with Crippen molar-refractivity contribution in [3.8, 4) is 0 Å². The lowest BCUT2D eigenvalue weighted by Crippen LogP contribution is -2.17. The van der Waals surface area contributed by atoms with Crippen LogP contribution in [0.2, 0.25) is 0 Å². The second-order valence-electron chi connectivity index (χ2n) is 3.98. The van der Waals surface area contributed by atoms with Crippen molar-refractivity contribution >= 4 is 15.2 Å². The maximum absolute atomic E-state index is 12.6. The summed E-state index contributed by atoms with van der Waals surface area (Å²) in [4.78, 5) is 0. The van der Waals surface area contributed by atoms with Crippen LogP contribution in [-0.2, 0) is 33.6 Å². The zero-order valence-electron chi connectivity index (χ0n) is 12.0. The quantitative estimate of drug-likeness (QED) is 0.682. The molecule has 1 rings (SSSR count). The molecule has 6 nitrogen and oxygen atoms in total. The van der Waals surface area contributed by atoms with E-state index >= 15 is 0 Å². The molecular weight excluding hydrogens is 302 g/mol. The highest BCUT2D eigenvalue weighted by Crippen LogP contribution is 2.70. The Kier molecular flexibility index (Phi) is 6.59. The summed E-state index contributed by atoms with van der Waals surface area (Å²) in [5, 5.41) is -1.03. The fourth-order valence-corrected chi connectivity index (χ4v) is 6.51. The summed E-state index contributed by atoms with van der Waals surface area (Å²) in [5.41, 5.74) is 0.834. The normalized spacial score (nSPS) is 12.8. The Morgan fingerprint density at radius 1 is 0.850 bits per heavy atom. The lowest BCUT2D eigenvalue weighted by atomic mass is 10.2. The van der Waals surface area contributed by atoms with Crippen molar-refractivity contribution in [2.75, 3.05) is 28.4 Å². The van der Waals surface area contributed by atoms with Gasteiger partial charge in [-0.05, 0) is 12.0 Å². The topological polar surface area (TPSA) is 71.1 Å². The Hall–Kier alpha value is -0.480. The van der Waals surface area contributed by atoms with Crippen LogP contribution in [-0.4, -0.2) is 33.8 Å². The van der Waals surface area contributed by atoms with Gasteiger partial charge in [-0.2, -0.15) is 0 Å². The van der Waals surface area contributed by atoms with Gasteiger partial charge in [0.1, 0.15) is 0 Å². The van der Waals surface area contributed by atoms with Gasteiger partial charge in [-0.1, -0.05) is 30.3 Å². The van der Waals surface area contributed by atoms with Crippen LogP contribution in [0.25, 0.3) is 0 Å². The fraction of sp³-hybridized carbons (Fsp3) is 0.500. The monoisotopic (exact) mass is 322 g/mol. The molecule has 0 fully saturated rings. The minimum absolute atomic E-state index is 0.193. The lowest BCUT2D eigenvalue weighted by molar-refractivity contribution is 0.246. The van der Waals surface area contributed by atoms with Crippen molar-refractivity contribution in [1.29, 1.82) is 0 Å². The maximum Gasteiger partial charge on any atom is 0.345 e. The highest BCUT2D eigenvalue weighted by Gasteiger charge is 2.49. The second-order valence-corrected chi connectivity index (χ2v) is 9.25. The third-order valence-corrected chi connectivity index (χ3v) is 8.57. The first-order valence-corrected chi connectivity index (χ1v) is 9.14. The summed E-state index contributed by atoms with van der Waals surface area (Å²) in [7, 11) is -2.26. The molecule has 0 heterocycles. The van der Waals surface area contributed by atoms with E-state index in [0.717, 1.165) is 5.56 Å². The highest BCUT2D eigenvalue weighted by atomic mass is 31.2. The molecule has 114 valence electrons. The Labute approximate surface area is 119 Å². The molecule has 0 saturated heterocycles. The van der Waals surface area contributed by atoms with Gasteiger partial charge in [-0.25, -0.2) is 0 Å². The largest absolute Gasteiger partial charge is 0.345 e. The first-order valence-electron chi connectivity index (χ1n) is 5.92. The van der Waals surface area contributed by atoms with Crippen molar-refractivity contribution < 1.29 is 27.2 Å². The first kappa shape index (κ1) is 17.6. The van der Waals surface area contributed by atoms with Gasteiger partial charge in [0.15, 0.2) is 5.40 Å². The SMILES string of the molecule is COP(=O)(OC)C(Cc1ccccc1)P(=O)(OC)OC. The minimum Gasteiger partial charge on any atom is -0.311 e. The van der Waals surface area contributed by atoms with Gasteiger partial charge in [0.2, 0.25) is 0 Å². The standard InChI is InChI=1S/C12H20O6P2/c1-15-19(13,16-2)12(20(14,17-3)18-4)10-11-8-6-5-7-9-11/h5-9,12H,10H2,1-4H3. The Bertz CT molecular complexity index is 462. The van der Waals surface area contributed by atoms with Gasteiger partial charge < -0.3 is 18.1 Å². The van der Waals surface area contributed by atoms with E-state index in [1.165, 1.54) is 28.4 Å².